The summed E-state index contributed by atoms with van der Waals surface area (Å²) in [7, 11) is 0. The van der Waals surface area contributed by atoms with Gasteiger partial charge < -0.3 is 29.5 Å². The van der Waals surface area contributed by atoms with Gasteiger partial charge in [0.1, 0.15) is 18.5 Å². The van der Waals surface area contributed by atoms with Gasteiger partial charge in [-0.05, 0) is 20.3 Å². The first-order valence-corrected chi connectivity index (χ1v) is 11.9. The van der Waals surface area contributed by atoms with Crippen LogP contribution in [0.15, 0.2) is 23.3 Å². The van der Waals surface area contributed by atoms with E-state index in [-0.39, 0.29) is 48.6 Å². The molecule has 0 bridgehead atoms. The van der Waals surface area contributed by atoms with Crippen molar-refractivity contribution in [3.05, 3.63) is 23.3 Å². The number of amides is 2. The van der Waals surface area contributed by atoms with Gasteiger partial charge in [-0.15, -0.1) is 11.8 Å². The molecule has 0 aliphatic carbocycles. The maximum Gasteiger partial charge on any atom is 0.410 e. The highest BCUT2D eigenvalue weighted by Crippen LogP contribution is 2.52. The van der Waals surface area contributed by atoms with Gasteiger partial charge in [0.15, 0.2) is 0 Å². The minimum absolute atomic E-state index is 0.0487. The molecule has 0 aromatic heterocycles. The van der Waals surface area contributed by atoms with Crippen molar-refractivity contribution in [1.82, 2.24) is 9.80 Å². The van der Waals surface area contributed by atoms with Gasteiger partial charge >= 0.3 is 12.1 Å². The smallest absolute Gasteiger partial charge is 0.410 e. The first-order valence-electron chi connectivity index (χ1n) is 11.0. The molecule has 0 aromatic rings. The number of hydrogen-bond acceptors (Lipinski definition) is 7. The Morgan fingerprint density at radius 3 is 2.67 bits per heavy atom. The normalized spacial score (nSPS) is 30.7. The van der Waals surface area contributed by atoms with Gasteiger partial charge in [0.25, 0.3) is 0 Å². The average molecular weight is 487 g/mol. The van der Waals surface area contributed by atoms with Gasteiger partial charge in [0.05, 0.1) is 37.3 Å². The molecule has 11 heteroatoms. The number of thioether (sulfide) groups is 1. The number of aliphatic hydroxyl groups excluding tert-OH is 1. The Hall–Kier alpha value is -2.11. The zero-order chi connectivity index (χ0) is 24.4. The second kappa shape index (κ2) is 10.4. The molecule has 1 unspecified atom stereocenters. The minimum Gasteiger partial charge on any atom is -0.477 e. The number of hydrogen-bond donors (Lipinski definition) is 2. The molecule has 3 aliphatic rings. The van der Waals surface area contributed by atoms with Gasteiger partial charge in [0, 0.05) is 22.6 Å². The van der Waals surface area contributed by atoms with E-state index in [1.54, 1.807) is 0 Å². The summed E-state index contributed by atoms with van der Waals surface area (Å²) < 4.78 is 23.7. The number of likely N-dealkylation sites (tertiary alicyclic amines) is 1. The van der Waals surface area contributed by atoms with Gasteiger partial charge in [-0.3, -0.25) is 4.79 Å². The van der Waals surface area contributed by atoms with Crippen LogP contribution in [0.2, 0.25) is 0 Å². The van der Waals surface area contributed by atoms with Crippen molar-refractivity contribution in [2.75, 3.05) is 26.4 Å². The fraction of sp³-hybridized carbons (Fsp3) is 0.682. The number of nitrogens with zero attached hydrogens (tertiary/aromatic N) is 2. The topological polar surface area (TPSA) is 117 Å². The number of rotatable bonds is 10. The fourth-order valence-electron chi connectivity index (χ4n) is 4.78. The summed E-state index contributed by atoms with van der Waals surface area (Å²) in [5.74, 6) is -2.48. The van der Waals surface area contributed by atoms with Crippen LogP contribution in [0, 0.1) is 11.8 Å². The molecule has 0 aromatic carbocycles. The van der Waals surface area contributed by atoms with E-state index >= 15 is 0 Å². The van der Waals surface area contributed by atoms with Crippen LogP contribution in [-0.2, 0) is 19.1 Å². The molecule has 3 heterocycles. The molecule has 2 fully saturated rings. The lowest BCUT2D eigenvalue weighted by Gasteiger charge is -2.46. The molecule has 3 aliphatic heterocycles. The molecule has 2 amide bonds. The SMILES string of the molecule is C=CCOC(=O)N1C[C@@H](SC2=C(C(=O)O)N3C(=O)[C@H]([C@@H](C)O)[C@H]3[C@H]2C)C[C@H]1COCC(C)F. The summed E-state index contributed by atoms with van der Waals surface area (Å²) in [4.78, 5) is 40.5. The van der Waals surface area contributed by atoms with Gasteiger partial charge in [-0.2, -0.15) is 0 Å². The molecule has 2 N–H and O–H groups in total. The molecular weight excluding hydrogens is 455 g/mol. The molecule has 184 valence electrons. The molecule has 33 heavy (non-hydrogen) atoms. The fourth-order valence-corrected chi connectivity index (χ4v) is 6.34. The van der Waals surface area contributed by atoms with E-state index in [4.69, 9.17) is 9.47 Å². The van der Waals surface area contributed by atoms with Crippen molar-refractivity contribution < 1.29 is 38.5 Å². The highest BCUT2D eigenvalue weighted by molar-refractivity contribution is 8.03. The minimum atomic E-state index is -1.19. The number of halogens is 1. The van der Waals surface area contributed by atoms with E-state index in [0.29, 0.717) is 17.9 Å². The molecule has 0 spiro atoms. The van der Waals surface area contributed by atoms with Crippen LogP contribution < -0.4 is 0 Å². The van der Waals surface area contributed by atoms with E-state index in [9.17, 15) is 29.0 Å². The van der Waals surface area contributed by atoms with Crippen LogP contribution in [0.3, 0.4) is 0 Å². The first-order chi connectivity index (χ1) is 15.6. The van der Waals surface area contributed by atoms with Crippen LogP contribution >= 0.6 is 11.8 Å². The number of β-lactam (4-membered cyclic amide) rings is 1. The van der Waals surface area contributed by atoms with Gasteiger partial charge in [-0.25, -0.2) is 14.0 Å². The Bertz CT molecular complexity index is 834. The van der Waals surface area contributed by atoms with E-state index < -0.39 is 36.3 Å². The van der Waals surface area contributed by atoms with E-state index in [1.165, 1.54) is 41.5 Å². The van der Waals surface area contributed by atoms with Crippen LogP contribution in [0.4, 0.5) is 9.18 Å². The number of carboxylic acid groups (broad SMARTS) is 1. The van der Waals surface area contributed by atoms with Crippen molar-refractivity contribution >= 4 is 29.7 Å². The van der Waals surface area contributed by atoms with Crippen LogP contribution in [0.25, 0.3) is 0 Å². The zero-order valence-corrected chi connectivity index (χ0v) is 19.8. The second-order valence-electron chi connectivity index (χ2n) is 8.74. The summed E-state index contributed by atoms with van der Waals surface area (Å²) in [5, 5.41) is 19.7. The Balaban J connectivity index is 1.77. The Labute approximate surface area is 196 Å². The largest absolute Gasteiger partial charge is 0.477 e. The monoisotopic (exact) mass is 486 g/mol. The lowest BCUT2D eigenvalue weighted by Crippen LogP contribution is -2.63. The molecule has 0 saturated carbocycles. The van der Waals surface area contributed by atoms with Crippen molar-refractivity contribution in [2.24, 2.45) is 11.8 Å². The molecule has 0 radical (unpaired) electrons. The summed E-state index contributed by atoms with van der Waals surface area (Å²) >= 11 is 1.34. The maximum absolute atomic E-state index is 13.1. The predicted octanol–water partition coefficient (Wildman–Crippen LogP) is 2.01. The molecule has 9 nitrogen and oxygen atoms in total. The van der Waals surface area contributed by atoms with Crippen molar-refractivity contribution in [1.29, 1.82) is 0 Å². The van der Waals surface area contributed by atoms with Crippen molar-refractivity contribution in [2.45, 2.75) is 56.8 Å². The van der Waals surface area contributed by atoms with Crippen LogP contribution in [0.1, 0.15) is 27.2 Å². The number of alkyl halides is 1. The number of carbonyl (C=O) groups is 3. The van der Waals surface area contributed by atoms with E-state index in [1.807, 2.05) is 6.92 Å². The third-order valence-corrected chi connectivity index (χ3v) is 7.69. The summed E-state index contributed by atoms with van der Waals surface area (Å²) in [6.07, 6.45) is -0.595. The number of ether oxygens (including phenoxy) is 2. The number of aliphatic carboxylic acids is 1. The number of aliphatic hydroxyl groups is 1. The van der Waals surface area contributed by atoms with Crippen LogP contribution in [-0.4, -0.2) is 94.0 Å². The third kappa shape index (κ3) is 5.04. The third-order valence-electron chi connectivity index (χ3n) is 6.20. The maximum atomic E-state index is 13.1. The first kappa shape index (κ1) is 25.5. The zero-order valence-electron chi connectivity index (χ0n) is 19.0. The number of fused-ring (bicyclic) bond motifs is 1. The Morgan fingerprint density at radius 1 is 1.39 bits per heavy atom. The average Bonchev–Trinajstić information content (AvgIpc) is 3.23. The van der Waals surface area contributed by atoms with E-state index in [0.717, 1.165) is 0 Å². The quantitative estimate of drug-likeness (QED) is 0.356. The van der Waals surface area contributed by atoms with E-state index in [2.05, 4.69) is 6.58 Å². The lowest BCUT2D eigenvalue weighted by molar-refractivity contribution is -0.163. The highest BCUT2D eigenvalue weighted by atomic mass is 32.2. The van der Waals surface area contributed by atoms with Crippen molar-refractivity contribution in [3.8, 4) is 0 Å². The summed E-state index contributed by atoms with van der Waals surface area (Å²) in [6.45, 7) is 8.69. The summed E-state index contributed by atoms with van der Waals surface area (Å²) in [6, 6.07) is -0.751. The number of carbonyl (C=O) groups excluding carboxylic acids is 2. The second-order valence-corrected chi connectivity index (χ2v) is 10.1. The lowest BCUT2D eigenvalue weighted by atomic mass is 9.79. The summed E-state index contributed by atoms with van der Waals surface area (Å²) in [5.41, 5.74) is -0.0499. The van der Waals surface area contributed by atoms with Gasteiger partial charge in [0.2, 0.25) is 5.91 Å². The standard InChI is InChI=1S/C22H31FN2O7S/c1-5-6-32-22(30)24-8-15(7-14(24)10-31-9-11(2)23)33-19-12(3)17-16(13(4)26)20(27)25(17)18(19)21(28)29/h5,11-17,26H,1,6-10H2,2-4H3,(H,28,29)/t11?,12-,13-,14+,15+,16-,17-/m1/s1. The molecular formula is C22H31FN2O7S. The molecule has 3 rings (SSSR count). The highest BCUT2D eigenvalue weighted by Gasteiger charge is 2.60. The van der Waals surface area contributed by atoms with Crippen molar-refractivity contribution in [3.63, 3.8) is 0 Å². The van der Waals surface area contributed by atoms with Gasteiger partial charge in [-0.1, -0.05) is 19.6 Å². The Morgan fingerprint density at radius 2 is 2.09 bits per heavy atom. The Kier molecular flexibility index (Phi) is 8.07. The van der Waals surface area contributed by atoms with Crippen LogP contribution in [0.5, 0.6) is 0 Å². The molecule has 2 saturated heterocycles. The predicted molar refractivity (Wildman–Crippen MR) is 119 cm³/mol. The number of carboxylic acids is 1. The molecule has 7 atom stereocenters.